The normalized spacial score (nSPS) is 30.3. The van der Waals surface area contributed by atoms with Crippen molar-refractivity contribution in [3.63, 3.8) is 0 Å². The van der Waals surface area contributed by atoms with Gasteiger partial charge in [0.25, 0.3) is 0 Å². The number of aromatic hydroxyl groups is 1. The summed E-state index contributed by atoms with van der Waals surface area (Å²) in [7, 11) is 0. The second-order valence-corrected chi connectivity index (χ2v) is 15.6. The molecule has 5 fully saturated rings. The van der Waals surface area contributed by atoms with Gasteiger partial charge in [-0.1, -0.05) is 12.1 Å². The van der Waals surface area contributed by atoms with Crippen LogP contribution >= 0.6 is 0 Å². The van der Waals surface area contributed by atoms with Gasteiger partial charge in [-0.25, -0.2) is 13.2 Å². The summed E-state index contributed by atoms with van der Waals surface area (Å²) in [6.45, 7) is 3.95. The highest BCUT2D eigenvalue weighted by molar-refractivity contribution is 6.05. The summed E-state index contributed by atoms with van der Waals surface area (Å²) in [6.07, 6.45) is 2.02. The summed E-state index contributed by atoms with van der Waals surface area (Å²) >= 11 is 0. The fraction of sp³-hybridized carbons (Fsp3) is 0.514. The first-order chi connectivity index (χ1) is 24.3. The summed E-state index contributed by atoms with van der Waals surface area (Å²) in [4.78, 5) is 13.8. The van der Waals surface area contributed by atoms with Crippen LogP contribution in [-0.4, -0.2) is 95.9 Å². The monoisotopic (exact) mass is 687 g/mol. The number of anilines is 1. The first-order valence-corrected chi connectivity index (χ1v) is 17.6. The second kappa shape index (κ2) is 10.3. The van der Waals surface area contributed by atoms with E-state index in [1.165, 1.54) is 6.07 Å². The molecule has 2 N–H and O–H groups in total. The molecule has 8 heterocycles. The van der Waals surface area contributed by atoms with Crippen LogP contribution < -0.4 is 19.7 Å². The quantitative estimate of drug-likeness (QED) is 0.313. The number of fused-ring (bicyclic) bond motifs is 9. The molecule has 0 amide bonds. The zero-order chi connectivity index (χ0) is 33.5. The molecule has 7 aliphatic heterocycles. The molecule has 11 rings (SSSR count). The van der Waals surface area contributed by atoms with E-state index in [0.717, 1.165) is 36.9 Å². The Morgan fingerprint density at radius 3 is 2.80 bits per heavy atom. The van der Waals surface area contributed by atoms with Crippen LogP contribution in [0.1, 0.15) is 36.8 Å². The molecule has 3 aromatic carbocycles. The van der Waals surface area contributed by atoms with E-state index in [1.54, 1.807) is 6.07 Å². The maximum Gasteiger partial charge on any atom is 0.319 e. The van der Waals surface area contributed by atoms with Crippen molar-refractivity contribution in [2.75, 3.05) is 51.0 Å². The molecule has 50 heavy (non-hydrogen) atoms. The summed E-state index contributed by atoms with van der Waals surface area (Å²) < 4.78 is 73.4. The Kier molecular flexibility index (Phi) is 6.16. The lowest BCUT2D eigenvalue weighted by atomic mass is 9.78. The maximum absolute atomic E-state index is 17.4. The lowest BCUT2D eigenvalue weighted by Crippen LogP contribution is -2.60. The number of phenolic OH excluding ortho intramolecular Hbond substituents is 1. The molecule has 0 saturated carbocycles. The van der Waals surface area contributed by atoms with E-state index >= 15 is 8.78 Å². The van der Waals surface area contributed by atoms with Gasteiger partial charge in [0, 0.05) is 43.6 Å². The van der Waals surface area contributed by atoms with Crippen molar-refractivity contribution in [2.24, 2.45) is 5.41 Å². The molecule has 5 saturated heterocycles. The van der Waals surface area contributed by atoms with E-state index in [0.29, 0.717) is 55.9 Å². The third-order valence-corrected chi connectivity index (χ3v) is 12.5. The van der Waals surface area contributed by atoms with Crippen LogP contribution in [0.2, 0.25) is 0 Å². The smallest absolute Gasteiger partial charge is 0.319 e. The molecular weight excluding hydrogens is 651 g/mol. The van der Waals surface area contributed by atoms with Gasteiger partial charge in [0.2, 0.25) is 0 Å². The molecular formula is C37H36F3N5O5. The van der Waals surface area contributed by atoms with Crippen LogP contribution in [0.4, 0.5) is 19.0 Å². The molecule has 4 aromatic rings. The van der Waals surface area contributed by atoms with Gasteiger partial charge in [-0.2, -0.15) is 9.97 Å². The highest BCUT2D eigenvalue weighted by Gasteiger charge is 2.61. The Balaban J connectivity index is 1.10. The first kappa shape index (κ1) is 29.8. The minimum atomic E-state index is -0.970. The summed E-state index contributed by atoms with van der Waals surface area (Å²) in [5, 5.41) is 15.9. The van der Waals surface area contributed by atoms with Crippen molar-refractivity contribution >= 4 is 27.5 Å². The average Bonchev–Trinajstić information content (AvgIpc) is 3.83. The van der Waals surface area contributed by atoms with Gasteiger partial charge in [-0.3, -0.25) is 4.90 Å². The number of benzene rings is 3. The van der Waals surface area contributed by atoms with E-state index in [-0.39, 0.29) is 82.9 Å². The molecule has 0 aliphatic carbocycles. The van der Waals surface area contributed by atoms with E-state index < -0.39 is 23.3 Å². The van der Waals surface area contributed by atoms with E-state index in [4.69, 9.17) is 23.9 Å². The number of phenols is 1. The van der Waals surface area contributed by atoms with E-state index in [9.17, 15) is 9.50 Å². The molecule has 2 bridgehead atoms. The Hall–Kier alpha value is -3.91. The van der Waals surface area contributed by atoms with Gasteiger partial charge in [0.1, 0.15) is 36.5 Å². The molecule has 5 atom stereocenters. The lowest BCUT2D eigenvalue weighted by molar-refractivity contribution is -0.108. The maximum atomic E-state index is 17.4. The first-order valence-electron chi connectivity index (χ1n) is 17.6. The number of ether oxygens (including phenoxy) is 4. The summed E-state index contributed by atoms with van der Waals surface area (Å²) in [5.41, 5.74) is 0.930. The SMILES string of the molecule is Oc1cc(-c2c(F)c3c4c(nc(OC[C@@]56C[C@H](F)CN5CC5(COC5)C6)nc4c2F)N2CC4CCC(N4)C2CO3)c2c3c(ccc2c1)COC3. The predicted octanol–water partition coefficient (Wildman–Crippen LogP) is 4.75. The number of alkyl halides is 1. The molecule has 1 spiro atoms. The van der Waals surface area contributed by atoms with Gasteiger partial charge < -0.3 is 34.3 Å². The lowest BCUT2D eigenvalue weighted by Gasteiger charge is -2.40. The van der Waals surface area contributed by atoms with Gasteiger partial charge in [-0.05, 0) is 58.9 Å². The Morgan fingerprint density at radius 2 is 1.94 bits per heavy atom. The van der Waals surface area contributed by atoms with Crippen molar-refractivity contribution in [1.82, 2.24) is 20.2 Å². The minimum absolute atomic E-state index is 0.00896. The highest BCUT2D eigenvalue weighted by Crippen LogP contribution is 2.52. The molecule has 10 nitrogen and oxygen atoms in total. The zero-order valence-electron chi connectivity index (χ0n) is 27.3. The molecule has 1 aromatic heterocycles. The fourth-order valence-electron chi connectivity index (χ4n) is 10.3. The molecule has 13 heteroatoms. The standard InChI is InChI=1S/C37H36F3N5O5/c38-20-7-37(13-36(15-48-16-36)14-44(37)8-20)17-50-35-42-32-29-33(49-12-26-25-4-3-21(41-25)9-45(26)34(29)43-35)31(40)28(30(32)39)23-6-22(46)5-18-1-2-19-10-47-11-24(19)27(18)23/h1-2,5-6,20-21,25-26,41,46H,3-4,7-17H2/t20-,21?,25?,26?,37-/m0/s1. The third-order valence-electron chi connectivity index (χ3n) is 12.5. The van der Waals surface area contributed by atoms with Crippen molar-refractivity contribution in [2.45, 2.75) is 68.7 Å². The van der Waals surface area contributed by atoms with Crippen molar-refractivity contribution in [3.05, 3.63) is 47.0 Å². The largest absolute Gasteiger partial charge is 0.508 e. The number of nitrogens with one attached hydrogen (secondary N) is 1. The number of rotatable bonds is 4. The highest BCUT2D eigenvalue weighted by atomic mass is 19.1. The third kappa shape index (κ3) is 4.11. The molecule has 0 radical (unpaired) electrons. The number of halogens is 3. The molecule has 3 unspecified atom stereocenters. The number of nitrogens with zero attached hydrogens (tertiary/aromatic N) is 4. The summed E-state index contributed by atoms with van der Waals surface area (Å²) in [6, 6.07) is 6.80. The zero-order valence-corrected chi connectivity index (χ0v) is 27.3. The Morgan fingerprint density at radius 1 is 1.04 bits per heavy atom. The van der Waals surface area contributed by atoms with Crippen LogP contribution in [0.3, 0.4) is 0 Å². The van der Waals surface area contributed by atoms with Crippen molar-refractivity contribution < 1.29 is 37.2 Å². The van der Waals surface area contributed by atoms with Gasteiger partial charge in [-0.15, -0.1) is 0 Å². The average molecular weight is 688 g/mol. The van der Waals surface area contributed by atoms with Gasteiger partial charge in [0.15, 0.2) is 17.4 Å². The fourth-order valence-corrected chi connectivity index (χ4v) is 10.3. The number of hydrogen-bond donors (Lipinski definition) is 2. The molecule has 260 valence electrons. The van der Waals surface area contributed by atoms with Crippen LogP contribution in [-0.2, 0) is 22.7 Å². The van der Waals surface area contributed by atoms with Crippen LogP contribution in [0.15, 0.2) is 24.3 Å². The van der Waals surface area contributed by atoms with Gasteiger partial charge >= 0.3 is 6.01 Å². The summed E-state index contributed by atoms with van der Waals surface area (Å²) in [5.74, 6) is -1.63. The Bertz CT molecular complexity index is 2130. The number of piperazine rings is 1. The number of aromatic nitrogens is 2. The minimum Gasteiger partial charge on any atom is -0.508 e. The second-order valence-electron chi connectivity index (χ2n) is 15.6. The van der Waals surface area contributed by atoms with Gasteiger partial charge in [0.05, 0.1) is 49.0 Å². The van der Waals surface area contributed by atoms with E-state index in [2.05, 4.69) is 20.1 Å². The van der Waals surface area contributed by atoms with Crippen LogP contribution in [0, 0.1) is 17.0 Å². The predicted molar refractivity (Wildman–Crippen MR) is 176 cm³/mol. The Labute approximate surface area is 285 Å². The topological polar surface area (TPSA) is 101 Å². The molecule has 7 aliphatic rings. The van der Waals surface area contributed by atoms with Crippen molar-refractivity contribution in [1.29, 1.82) is 0 Å². The van der Waals surface area contributed by atoms with Crippen LogP contribution in [0.5, 0.6) is 17.5 Å². The van der Waals surface area contributed by atoms with Crippen LogP contribution in [0.25, 0.3) is 32.8 Å². The van der Waals surface area contributed by atoms with Crippen molar-refractivity contribution in [3.8, 4) is 28.6 Å². The number of hydrogen-bond acceptors (Lipinski definition) is 10. The van der Waals surface area contributed by atoms with E-state index in [1.807, 2.05) is 12.1 Å².